The molecule has 1 aliphatic rings. The van der Waals surface area contributed by atoms with Crippen LogP contribution in [0.2, 0.25) is 0 Å². The Hall–Kier alpha value is -4.13. The maximum absolute atomic E-state index is 12.2. The maximum atomic E-state index is 12.2. The highest BCUT2D eigenvalue weighted by atomic mass is 16.7. The number of oxime groups is 1. The molecule has 4 rings (SSSR count). The Morgan fingerprint density at radius 3 is 2.24 bits per heavy atom. The topological polar surface area (TPSA) is 90.7 Å². The minimum atomic E-state index is -0.530. The zero-order valence-electron chi connectivity index (χ0n) is 15.4. The van der Waals surface area contributed by atoms with Crippen molar-refractivity contribution in [3.05, 3.63) is 89.5 Å². The van der Waals surface area contributed by atoms with Crippen molar-refractivity contribution >= 4 is 23.7 Å². The van der Waals surface area contributed by atoms with Gasteiger partial charge in [-0.3, -0.25) is 0 Å². The molecular weight excluding hydrogens is 370 g/mol. The standard InChI is InChI=1S/C22H15N3O4/c1-28-21(26)17-8-6-16(7-9-17)20-19(22(27)29-25-20)10-14-2-4-15(5-3-14)18-11-23-13-24-12-18/h2-13H,1H3/b19-10-. The third kappa shape index (κ3) is 3.79. The van der Waals surface area contributed by atoms with Crippen LogP contribution >= 0.6 is 0 Å². The van der Waals surface area contributed by atoms with Crippen molar-refractivity contribution in [1.29, 1.82) is 0 Å². The Balaban J connectivity index is 1.61. The summed E-state index contributed by atoms with van der Waals surface area (Å²) in [4.78, 5) is 36.7. The number of benzene rings is 2. The van der Waals surface area contributed by atoms with E-state index in [-0.39, 0.29) is 0 Å². The number of hydrogen-bond acceptors (Lipinski definition) is 7. The van der Waals surface area contributed by atoms with Crippen molar-refractivity contribution in [2.24, 2.45) is 5.16 Å². The van der Waals surface area contributed by atoms with Gasteiger partial charge in [-0.1, -0.05) is 41.6 Å². The zero-order chi connectivity index (χ0) is 20.2. The van der Waals surface area contributed by atoms with Crippen LogP contribution < -0.4 is 0 Å². The first-order chi connectivity index (χ1) is 14.2. The van der Waals surface area contributed by atoms with Gasteiger partial charge in [0.25, 0.3) is 0 Å². The fourth-order valence-electron chi connectivity index (χ4n) is 2.89. The second kappa shape index (κ2) is 7.85. The van der Waals surface area contributed by atoms with Gasteiger partial charge >= 0.3 is 11.9 Å². The highest BCUT2D eigenvalue weighted by Crippen LogP contribution is 2.23. The average Bonchev–Trinajstić information content (AvgIpc) is 3.14. The second-order valence-electron chi connectivity index (χ2n) is 6.19. The van der Waals surface area contributed by atoms with Crippen molar-refractivity contribution in [2.75, 3.05) is 7.11 Å². The van der Waals surface area contributed by atoms with Crippen LogP contribution in [0.3, 0.4) is 0 Å². The Morgan fingerprint density at radius 2 is 1.59 bits per heavy atom. The number of aromatic nitrogens is 2. The molecule has 0 aliphatic carbocycles. The summed E-state index contributed by atoms with van der Waals surface area (Å²) < 4.78 is 4.69. The lowest BCUT2D eigenvalue weighted by Gasteiger charge is -2.04. The SMILES string of the molecule is COC(=O)c1ccc(C2=NOC(=O)/C2=C\c2ccc(-c3cncnc3)cc2)cc1. The number of methoxy groups -OCH3 is 1. The molecule has 142 valence electrons. The third-order valence-corrected chi connectivity index (χ3v) is 4.39. The van der Waals surface area contributed by atoms with Gasteiger partial charge in [0.2, 0.25) is 0 Å². The lowest BCUT2D eigenvalue weighted by molar-refractivity contribution is -0.136. The molecule has 0 bridgehead atoms. The van der Waals surface area contributed by atoms with Gasteiger partial charge in [-0.25, -0.2) is 19.6 Å². The van der Waals surface area contributed by atoms with Gasteiger partial charge < -0.3 is 9.57 Å². The molecule has 29 heavy (non-hydrogen) atoms. The number of carbonyl (C=O) groups is 2. The largest absolute Gasteiger partial charge is 0.465 e. The summed E-state index contributed by atoms with van der Waals surface area (Å²) in [6.07, 6.45) is 6.66. The highest BCUT2D eigenvalue weighted by Gasteiger charge is 2.27. The minimum absolute atomic E-state index is 0.339. The number of carbonyl (C=O) groups excluding carboxylic acids is 2. The maximum Gasteiger partial charge on any atom is 0.368 e. The molecule has 0 N–H and O–H groups in total. The monoisotopic (exact) mass is 385 g/mol. The summed E-state index contributed by atoms with van der Waals surface area (Å²) in [7, 11) is 1.32. The van der Waals surface area contributed by atoms with Gasteiger partial charge in [-0.2, -0.15) is 0 Å². The lowest BCUT2D eigenvalue weighted by Crippen LogP contribution is -2.08. The van der Waals surface area contributed by atoms with Gasteiger partial charge in [0.15, 0.2) is 0 Å². The fraction of sp³-hybridized carbons (Fsp3) is 0.0455. The number of esters is 1. The first-order valence-corrected chi connectivity index (χ1v) is 8.71. The van der Waals surface area contributed by atoms with Crippen LogP contribution in [0.15, 0.2) is 78.0 Å². The van der Waals surface area contributed by atoms with Gasteiger partial charge in [0.05, 0.1) is 18.2 Å². The fourth-order valence-corrected chi connectivity index (χ4v) is 2.89. The van der Waals surface area contributed by atoms with Crippen LogP contribution in [0, 0.1) is 0 Å². The van der Waals surface area contributed by atoms with Crippen molar-refractivity contribution in [3.63, 3.8) is 0 Å². The summed E-state index contributed by atoms with van der Waals surface area (Å²) >= 11 is 0. The predicted molar refractivity (Wildman–Crippen MR) is 106 cm³/mol. The van der Waals surface area contributed by atoms with E-state index in [0.29, 0.717) is 22.4 Å². The molecule has 0 unspecified atom stereocenters. The van der Waals surface area contributed by atoms with Gasteiger partial charge in [0, 0.05) is 23.5 Å². The molecule has 2 heterocycles. The smallest absolute Gasteiger partial charge is 0.368 e. The van der Waals surface area contributed by atoms with Gasteiger partial charge in [-0.15, -0.1) is 0 Å². The Kier molecular flexibility index (Phi) is 4.94. The van der Waals surface area contributed by atoms with E-state index >= 15 is 0 Å². The number of rotatable bonds is 4. The van der Waals surface area contributed by atoms with Crippen molar-refractivity contribution < 1.29 is 19.2 Å². The molecular formula is C22H15N3O4. The van der Waals surface area contributed by atoms with E-state index in [1.807, 2.05) is 24.3 Å². The van der Waals surface area contributed by atoms with Crippen molar-refractivity contribution in [3.8, 4) is 11.1 Å². The van der Waals surface area contributed by atoms with Crippen LogP contribution in [0.5, 0.6) is 0 Å². The molecule has 0 saturated heterocycles. The normalized spacial score (nSPS) is 14.4. The van der Waals surface area contributed by atoms with E-state index in [4.69, 9.17) is 9.57 Å². The van der Waals surface area contributed by atoms with E-state index in [2.05, 4.69) is 15.1 Å². The molecule has 1 aliphatic heterocycles. The molecule has 1 aromatic heterocycles. The van der Waals surface area contributed by atoms with E-state index in [9.17, 15) is 9.59 Å². The van der Waals surface area contributed by atoms with Crippen LogP contribution in [-0.2, 0) is 14.4 Å². The third-order valence-electron chi connectivity index (χ3n) is 4.39. The number of ether oxygens (including phenoxy) is 1. The van der Waals surface area contributed by atoms with Crippen LogP contribution in [0.4, 0.5) is 0 Å². The van der Waals surface area contributed by atoms with Gasteiger partial charge in [0.1, 0.15) is 12.0 Å². The van der Waals surface area contributed by atoms with E-state index in [1.54, 1.807) is 42.7 Å². The molecule has 0 amide bonds. The number of hydrogen-bond donors (Lipinski definition) is 0. The molecule has 7 nitrogen and oxygen atoms in total. The number of nitrogens with zero attached hydrogens (tertiary/aromatic N) is 3. The lowest BCUT2D eigenvalue weighted by atomic mass is 9.99. The first kappa shape index (κ1) is 18.2. The van der Waals surface area contributed by atoms with Crippen molar-refractivity contribution in [1.82, 2.24) is 9.97 Å². The van der Waals surface area contributed by atoms with E-state index in [1.165, 1.54) is 13.4 Å². The summed E-state index contributed by atoms with van der Waals surface area (Å²) in [5.41, 5.74) is 4.51. The summed E-state index contributed by atoms with van der Waals surface area (Å²) in [6.45, 7) is 0. The predicted octanol–water partition coefficient (Wildman–Crippen LogP) is 3.27. The molecule has 0 atom stereocenters. The Bertz CT molecular complexity index is 1120. The minimum Gasteiger partial charge on any atom is -0.465 e. The Morgan fingerprint density at radius 1 is 0.931 bits per heavy atom. The highest BCUT2D eigenvalue weighted by molar-refractivity contribution is 6.31. The van der Waals surface area contributed by atoms with Crippen LogP contribution in [0.25, 0.3) is 17.2 Å². The van der Waals surface area contributed by atoms with Crippen LogP contribution in [-0.4, -0.2) is 34.7 Å². The molecule has 0 fully saturated rings. The molecule has 0 radical (unpaired) electrons. The van der Waals surface area contributed by atoms with E-state index in [0.717, 1.165) is 16.7 Å². The Labute approximate surface area is 166 Å². The molecule has 0 saturated carbocycles. The van der Waals surface area contributed by atoms with Crippen LogP contribution in [0.1, 0.15) is 21.5 Å². The average molecular weight is 385 g/mol. The molecule has 7 heteroatoms. The first-order valence-electron chi connectivity index (χ1n) is 8.71. The molecule has 2 aromatic carbocycles. The second-order valence-corrected chi connectivity index (χ2v) is 6.19. The summed E-state index contributed by atoms with van der Waals surface area (Å²) in [5, 5.41) is 3.89. The zero-order valence-corrected chi connectivity index (χ0v) is 15.4. The summed E-state index contributed by atoms with van der Waals surface area (Å²) in [5.74, 6) is -0.963. The summed E-state index contributed by atoms with van der Waals surface area (Å²) in [6, 6.07) is 14.2. The van der Waals surface area contributed by atoms with Gasteiger partial charge in [-0.05, 0) is 29.3 Å². The molecule has 0 spiro atoms. The quantitative estimate of drug-likeness (QED) is 0.389. The molecule has 3 aromatic rings. The van der Waals surface area contributed by atoms with E-state index < -0.39 is 11.9 Å². The van der Waals surface area contributed by atoms with Crippen molar-refractivity contribution in [2.45, 2.75) is 0 Å².